The molecule has 1 amide bonds. The number of phenols is 1. The van der Waals surface area contributed by atoms with Crippen LogP contribution >= 0.6 is 11.5 Å². The number of benzene rings is 1. The van der Waals surface area contributed by atoms with Gasteiger partial charge in [-0.15, -0.1) is 0 Å². The predicted octanol–water partition coefficient (Wildman–Crippen LogP) is 1.51. The standard InChI is InChI=1S/C14H16N4O2S/c1-10-15-13(21-16-10)14(20)18-8-6-17(7-9-18)11-4-2-3-5-12(11)19/h2-5,19H,6-9H2,1H3. The Morgan fingerprint density at radius 1 is 1.24 bits per heavy atom. The van der Waals surface area contributed by atoms with E-state index in [2.05, 4.69) is 14.3 Å². The van der Waals surface area contributed by atoms with E-state index in [-0.39, 0.29) is 11.7 Å². The van der Waals surface area contributed by atoms with E-state index in [0.717, 1.165) is 17.2 Å². The summed E-state index contributed by atoms with van der Waals surface area (Å²) >= 11 is 1.15. The molecule has 110 valence electrons. The molecule has 1 saturated heterocycles. The van der Waals surface area contributed by atoms with E-state index in [9.17, 15) is 9.90 Å². The van der Waals surface area contributed by atoms with Crippen LogP contribution < -0.4 is 4.90 Å². The number of rotatable bonds is 2. The van der Waals surface area contributed by atoms with Crippen molar-refractivity contribution >= 4 is 23.1 Å². The van der Waals surface area contributed by atoms with Crippen molar-refractivity contribution in [3.63, 3.8) is 0 Å². The Morgan fingerprint density at radius 3 is 2.57 bits per heavy atom. The van der Waals surface area contributed by atoms with Crippen LogP contribution in [-0.4, -0.2) is 51.5 Å². The van der Waals surface area contributed by atoms with Crippen molar-refractivity contribution in [1.82, 2.24) is 14.3 Å². The highest BCUT2D eigenvalue weighted by atomic mass is 32.1. The molecule has 1 aliphatic rings. The third kappa shape index (κ3) is 2.82. The number of para-hydroxylation sites is 2. The molecule has 0 radical (unpaired) electrons. The molecule has 0 atom stereocenters. The zero-order valence-corrected chi connectivity index (χ0v) is 12.5. The zero-order valence-electron chi connectivity index (χ0n) is 11.7. The first-order valence-electron chi connectivity index (χ1n) is 6.77. The Balaban J connectivity index is 1.65. The third-order valence-corrected chi connectivity index (χ3v) is 4.29. The van der Waals surface area contributed by atoms with Crippen molar-refractivity contribution in [2.75, 3.05) is 31.1 Å². The molecule has 1 fully saturated rings. The molecule has 1 aromatic heterocycles. The molecule has 2 aromatic rings. The minimum atomic E-state index is -0.0578. The number of carbonyl (C=O) groups excluding carboxylic acids is 1. The van der Waals surface area contributed by atoms with Crippen LogP contribution in [-0.2, 0) is 0 Å². The second-order valence-corrected chi connectivity index (χ2v) is 5.67. The number of hydrogen-bond acceptors (Lipinski definition) is 6. The van der Waals surface area contributed by atoms with Gasteiger partial charge in [0.1, 0.15) is 11.6 Å². The van der Waals surface area contributed by atoms with Crippen LogP contribution in [0.2, 0.25) is 0 Å². The van der Waals surface area contributed by atoms with Crippen LogP contribution in [0.5, 0.6) is 5.75 Å². The number of anilines is 1. The lowest BCUT2D eigenvalue weighted by Gasteiger charge is -2.35. The summed E-state index contributed by atoms with van der Waals surface area (Å²) in [5, 5.41) is 10.3. The number of nitrogens with zero attached hydrogens (tertiary/aromatic N) is 4. The fourth-order valence-electron chi connectivity index (χ4n) is 2.40. The lowest BCUT2D eigenvalue weighted by molar-refractivity contribution is 0.0746. The van der Waals surface area contributed by atoms with Gasteiger partial charge in [-0.2, -0.15) is 4.37 Å². The van der Waals surface area contributed by atoms with Gasteiger partial charge in [-0.25, -0.2) is 4.98 Å². The van der Waals surface area contributed by atoms with E-state index in [1.807, 2.05) is 12.1 Å². The summed E-state index contributed by atoms with van der Waals surface area (Å²) in [5.74, 6) is 0.853. The van der Waals surface area contributed by atoms with E-state index < -0.39 is 0 Å². The van der Waals surface area contributed by atoms with Gasteiger partial charge in [0.05, 0.1) is 5.69 Å². The highest BCUT2D eigenvalue weighted by Crippen LogP contribution is 2.27. The summed E-state index contributed by atoms with van der Waals surface area (Å²) in [4.78, 5) is 20.3. The first kappa shape index (κ1) is 13.8. The molecule has 7 heteroatoms. The number of amides is 1. The maximum Gasteiger partial charge on any atom is 0.284 e. The molecule has 6 nitrogen and oxygen atoms in total. The lowest BCUT2D eigenvalue weighted by Crippen LogP contribution is -2.48. The second-order valence-electron chi connectivity index (χ2n) is 4.91. The molecule has 2 heterocycles. The lowest BCUT2D eigenvalue weighted by atomic mass is 10.2. The number of carbonyl (C=O) groups is 1. The molecule has 1 aromatic carbocycles. The van der Waals surface area contributed by atoms with Crippen molar-refractivity contribution in [2.24, 2.45) is 0 Å². The summed E-state index contributed by atoms with van der Waals surface area (Å²) in [6, 6.07) is 7.27. The number of aromatic nitrogens is 2. The number of hydrogen-bond donors (Lipinski definition) is 1. The first-order chi connectivity index (χ1) is 10.1. The molecular weight excluding hydrogens is 288 g/mol. The van der Waals surface area contributed by atoms with E-state index in [1.54, 1.807) is 24.0 Å². The molecule has 1 N–H and O–H groups in total. The summed E-state index contributed by atoms with van der Waals surface area (Å²) in [6.45, 7) is 4.41. The van der Waals surface area contributed by atoms with Crippen LogP contribution in [0.15, 0.2) is 24.3 Å². The van der Waals surface area contributed by atoms with Gasteiger partial charge in [0.25, 0.3) is 5.91 Å². The monoisotopic (exact) mass is 304 g/mol. The fourth-order valence-corrected chi connectivity index (χ4v) is 3.04. The minimum Gasteiger partial charge on any atom is -0.506 e. The molecule has 0 aliphatic carbocycles. The topological polar surface area (TPSA) is 69.6 Å². The first-order valence-corrected chi connectivity index (χ1v) is 7.55. The summed E-state index contributed by atoms with van der Waals surface area (Å²) in [7, 11) is 0. The number of aromatic hydroxyl groups is 1. The maximum atomic E-state index is 12.3. The van der Waals surface area contributed by atoms with Gasteiger partial charge in [0.15, 0.2) is 0 Å². The summed E-state index contributed by atoms with van der Waals surface area (Å²) in [6.07, 6.45) is 0. The number of aryl methyl sites for hydroxylation is 1. The molecule has 0 spiro atoms. The summed E-state index contributed by atoms with van der Waals surface area (Å²) < 4.78 is 4.05. The van der Waals surface area contributed by atoms with Gasteiger partial charge >= 0.3 is 0 Å². The van der Waals surface area contributed by atoms with Crippen LogP contribution in [0.25, 0.3) is 0 Å². The van der Waals surface area contributed by atoms with E-state index >= 15 is 0 Å². The van der Waals surface area contributed by atoms with Crippen molar-refractivity contribution in [3.8, 4) is 5.75 Å². The fraction of sp³-hybridized carbons (Fsp3) is 0.357. The molecule has 0 bridgehead atoms. The Bertz CT molecular complexity index is 650. The second kappa shape index (κ2) is 5.69. The molecule has 1 aliphatic heterocycles. The van der Waals surface area contributed by atoms with Gasteiger partial charge in [-0.3, -0.25) is 4.79 Å². The Labute approximate surface area is 126 Å². The average Bonchev–Trinajstić information content (AvgIpc) is 2.94. The predicted molar refractivity (Wildman–Crippen MR) is 80.9 cm³/mol. The Hall–Kier alpha value is -2.15. The number of piperazine rings is 1. The van der Waals surface area contributed by atoms with Gasteiger partial charge in [0, 0.05) is 26.2 Å². The SMILES string of the molecule is Cc1nsc(C(=O)N2CCN(c3ccccc3O)CC2)n1. The normalized spacial score (nSPS) is 15.3. The smallest absolute Gasteiger partial charge is 0.284 e. The van der Waals surface area contributed by atoms with Crippen LogP contribution in [0, 0.1) is 6.92 Å². The van der Waals surface area contributed by atoms with Gasteiger partial charge < -0.3 is 14.9 Å². The molecule has 21 heavy (non-hydrogen) atoms. The maximum absolute atomic E-state index is 12.3. The van der Waals surface area contributed by atoms with Crippen molar-refractivity contribution in [1.29, 1.82) is 0 Å². The molecule has 3 rings (SSSR count). The number of phenolic OH excluding ortho intramolecular Hbond substituents is 1. The molecule has 0 saturated carbocycles. The Kier molecular flexibility index (Phi) is 3.74. The molecule has 0 unspecified atom stereocenters. The van der Waals surface area contributed by atoms with Gasteiger partial charge in [-0.1, -0.05) is 12.1 Å². The van der Waals surface area contributed by atoms with Gasteiger partial charge in [0.2, 0.25) is 5.01 Å². The zero-order chi connectivity index (χ0) is 14.8. The van der Waals surface area contributed by atoms with Crippen molar-refractivity contribution in [2.45, 2.75) is 6.92 Å². The highest BCUT2D eigenvalue weighted by Gasteiger charge is 2.25. The van der Waals surface area contributed by atoms with E-state index in [0.29, 0.717) is 37.0 Å². The van der Waals surface area contributed by atoms with Crippen LogP contribution in [0.1, 0.15) is 15.6 Å². The average molecular weight is 304 g/mol. The van der Waals surface area contributed by atoms with Crippen LogP contribution in [0.4, 0.5) is 5.69 Å². The van der Waals surface area contributed by atoms with Crippen LogP contribution in [0.3, 0.4) is 0 Å². The van der Waals surface area contributed by atoms with E-state index in [4.69, 9.17) is 0 Å². The van der Waals surface area contributed by atoms with E-state index in [1.165, 1.54) is 0 Å². The largest absolute Gasteiger partial charge is 0.506 e. The summed E-state index contributed by atoms with van der Waals surface area (Å²) in [5.41, 5.74) is 0.816. The molecular formula is C14H16N4O2S. The third-order valence-electron chi connectivity index (χ3n) is 3.50. The minimum absolute atomic E-state index is 0.0578. The quantitative estimate of drug-likeness (QED) is 0.911. The van der Waals surface area contributed by atoms with Gasteiger partial charge in [-0.05, 0) is 30.6 Å². The Morgan fingerprint density at radius 2 is 1.95 bits per heavy atom. The van der Waals surface area contributed by atoms with Crippen molar-refractivity contribution < 1.29 is 9.90 Å². The highest BCUT2D eigenvalue weighted by molar-refractivity contribution is 7.07. The van der Waals surface area contributed by atoms with Crippen molar-refractivity contribution in [3.05, 3.63) is 35.1 Å².